The van der Waals surface area contributed by atoms with Gasteiger partial charge < -0.3 is 10.2 Å². The van der Waals surface area contributed by atoms with Gasteiger partial charge in [0, 0.05) is 12.4 Å². The van der Waals surface area contributed by atoms with Crippen molar-refractivity contribution in [1.29, 1.82) is 0 Å². The van der Waals surface area contributed by atoms with Crippen LogP contribution in [0.15, 0.2) is 0 Å². The number of hydrogen-bond donors (Lipinski definition) is 2. The molecule has 0 rings (SSSR count). The molecule has 0 spiro atoms. The molecule has 0 aliphatic heterocycles. The second-order valence-electron chi connectivity index (χ2n) is 1.62. The van der Waals surface area contributed by atoms with E-state index in [0.29, 0.717) is 6.42 Å². The number of hydrogen-bond acceptors (Lipinski definition) is 3. The number of aliphatic hydroxyl groups is 2. The molecule has 0 aromatic heterocycles. The topological polar surface area (TPSA) is 40.5 Å². The van der Waals surface area contributed by atoms with Gasteiger partial charge in [-0.15, -0.1) is 0 Å². The molecule has 0 aliphatic rings. The number of rotatable bonds is 4. The van der Waals surface area contributed by atoms with Gasteiger partial charge >= 0.3 is 0 Å². The summed E-state index contributed by atoms with van der Waals surface area (Å²) in [6.45, 7) is 0.0850. The highest BCUT2D eigenvalue weighted by atomic mass is 32.2. The second kappa shape index (κ2) is 5.41. The average molecular weight is 136 g/mol. The van der Waals surface area contributed by atoms with E-state index in [9.17, 15) is 0 Å². The zero-order chi connectivity index (χ0) is 6.41. The van der Waals surface area contributed by atoms with Crippen LogP contribution < -0.4 is 0 Å². The summed E-state index contributed by atoms with van der Waals surface area (Å²) in [4.78, 5) is 0. The third-order valence-corrected chi connectivity index (χ3v) is 1.54. The van der Waals surface area contributed by atoms with Crippen LogP contribution >= 0.6 is 11.8 Å². The van der Waals surface area contributed by atoms with Crippen molar-refractivity contribution >= 4 is 11.8 Å². The van der Waals surface area contributed by atoms with Crippen LogP contribution in [0.4, 0.5) is 0 Å². The minimum Gasteiger partial charge on any atom is -0.396 e. The highest BCUT2D eigenvalue weighted by molar-refractivity contribution is 7.98. The Morgan fingerprint density at radius 1 is 1.62 bits per heavy atom. The van der Waals surface area contributed by atoms with Crippen LogP contribution in [0.2, 0.25) is 0 Å². The van der Waals surface area contributed by atoms with Crippen molar-refractivity contribution in [3.05, 3.63) is 0 Å². The van der Waals surface area contributed by atoms with Gasteiger partial charge in [-0.05, 0) is 12.7 Å². The van der Waals surface area contributed by atoms with Crippen LogP contribution in [0.1, 0.15) is 6.42 Å². The maximum atomic E-state index is 8.87. The lowest BCUT2D eigenvalue weighted by Crippen LogP contribution is -2.10. The summed E-state index contributed by atoms with van der Waals surface area (Å²) < 4.78 is 0. The van der Waals surface area contributed by atoms with Crippen molar-refractivity contribution in [3.63, 3.8) is 0 Å². The lowest BCUT2D eigenvalue weighted by molar-refractivity contribution is 0.152. The molecule has 0 aliphatic carbocycles. The summed E-state index contributed by atoms with van der Waals surface area (Å²) >= 11 is 1.59. The van der Waals surface area contributed by atoms with E-state index in [4.69, 9.17) is 10.2 Å². The van der Waals surface area contributed by atoms with E-state index in [-0.39, 0.29) is 12.7 Å². The first-order valence-electron chi connectivity index (χ1n) is 2.59. The van der Waals surface area contributed by atoms with Crippen LogP contribution in [0, 0.1) is 0 Å². The predicted octanol–water partition coefficient (Wildman–Crippen LogP) is 0.0927. The first-order valence-corrected chi connectivity index (χ1v) is 3.98. The molecule has 0 unspecified atom stereocenters. The molecule has 0 fully saturated rings. The highest BCUT2D eigenvalue weighted by Crippen LogP contribution is 1.99. The van der Waals surface area contributed by atoms with Crippen LogP contribution in [0.25, 0.3) is 0 Å². The van der Waals surface area contributed by atoms with Crippen molar-refractivity contribution < 1.29 is 10.2 Å². The van der Waals surface area contributed by atoms with Crippen LogP contribution in [-0.2, 0) is 0 Å². The normalized spacial score (nSPS) is 13.9. The molecule has 0 aromatic rings. The van der Waals surface area contributed by atoms with E-state index < -0.39 is 0 Å². The maximum Gasteiger partial charge on any atom is 0.0652 e. The fraction of sp³-hybridized carbons (Fsp3) is 1.00. The van der Waals surface area contributed by atoms with Gasteiger partial charge in [0.05, 0.1) is 6.10 Å². The third kappa shape index (κ3) is 4.43. The van der Waals surface area contributed by atoms with E-state index in [1.807, 2.05) is 6.26 Å². The lowest BCUT2D eigenvalue weighted by atomic mass is 10.3. The average Bonchev–Trinajstić information content (AvgIpc) is 1.68. The van der Waals surface area contributed by atoms with Gasteiger partial charge in [-0.2, -0.15) is 11.8 Å². The summed E-state index contributed by atoms with van der Waals surface area (Å²) in [5.74, 6) is 0.723. The first-order chi connectivity index (χ1) is 3.81. The largest absolute Gasteiger partial charge is 0.396 e. The van der Waals surface area contributed by atoms with Gasteiger partial charge in [-0.1, -0.05) is 0 Å². The van der Waals surface area contributed by atoms with Crippen LogP contribution in [0.3, 0.4) is 0 Å². The third-order valence-electron chi connectivity index (χ3n) is 0.821. The second-order valence-corrected chi connectivity index (χ2v) is 2.53. The van der Waals surface area contributed by atoms with Gasteiger partial charge in [0.2, 0.25) is 0 Å². The van der Waals surface area contributed by atoms with Gasteiger partial charge in [0.25, 0.3) is 0 Å². The Morgan fingerprint density at radius 2 is 2.25 bits per heavy atom. The minimum absolute atomic E-state index is 0.0850. The summed E-state index contributed by atoms with van der Waals surface area (Å²) in [5, 5.41) is 17.2. The van der Waals surface area contributed by atoms with Gasteiger partial charge in [0.15, 0.2) is 0 Å². The van der Waals surface area contributed by atoms with E-state index in [1.165, 1.54) is 0 Å². The Balaban J connectivity index is 2.92. The molecule has 2 N–H and O–H groups in total. The van der Waals surface area contributed by atoms with Crippen LogP contribution in [0.5, 0.6) is 0 Å². The standard InChI is InChI=1S/C5H12O2S/c1-8-4-5(7)2-3-6/h5-7H,2-4H2,1H3/t5-/m0/s1. The molecule has 0 aromatic carbocycles. The van der Waals surface area contributed by atoms with Crippen molar-refractivity contribution in [2.75, 3.05) is 18.6 Å². The van der Waals surface area contributed by atoms with Crippen molar-refractivity contribution in [1.82, 2.24) is 0 Å². The SMILES string of the molecule is CSC[C@@H](O)CCO. The highest BCUT2D eigenvalue weighted by Gasteiger charge is 1.98. The fourth-order valence-electron chi connectivity index (χ4n) is 0.425. The molecule has 0 amide bonds. The Labute approximate surface area is 53.9 Å². The summed E-state index contributed by atoms with van der Waals surface area (Å²) in [7, 11) is 0. The zero-order valence-electron chi connectivity index (χ0n) is 5.00. The zero-order valence-corrected chi connectivity index (χ0v) is 5.82. The molecule has 50 valence electrons. The molecule has 3 heteroatoms. The first kappa shape index (κ1) is 8.27. The molecule has 1 atom stereocenters. The minimum atomic E-state index is -0.324. The Hall–Kier alpha value is 0.270. The molecular weight excluding hydrogens is 124 g/mol. The van der Waals surface area contributed by atoms with E-state index >= 15 is 0 Å². The molecule has 2 nitrogen and oxygen atoms in total. The smallest absolute Gasteiger partial charge is 0.0652 e. The van der Waals surface area contributed by atoms with E-state index in [2.05, 4.69) is 0 Å². The molecule has 0 bridgehead atoms. The maximum absolute atomic E-state index is 8.87. The van der Waals surface area contributed by atoms with E-state index in [1.54, 1.807) is 11.8 Å². The molecule has 0 saturated heterocycles. The van der Waals surface area contributed by atoms with E-state index in [0.717, 1.165) is 5.75 Å². The van der Waals surface area contributed by atoms with Gasteiger partial charge in [-0.25, -0.2) is 0 Å². The molecular formula is C5H12O2S. The Kier molecular flexibility index (Phi) is 5.59. The van der Waals surface area contributed by atoms with Crippen LogP contribution in [-0.4, -0.2) is 34.9 Å². The summed E-state index contributed by atoms with van der Waals surface area (Å²) in [6.07, 6.45) is 2.11. The number of aliphatic hydroxyl groups excluding tert-OH is 2. The van der Waals surface area contributed by atoms with Crippen molar-refractivity contribution in [3.8, 4) is 0 Å². The predicted molar refractivity (Wildman–Crippen MR) is 36.1 cm³/mol. The fourth-order valence-corrected chi connectivity index (χ4v) is 0.976. The van der Waals surface area contributed by atoms with Crippen molar-refractivity contribution in [2.24, 2.45) is 0 Å². The summed E-state index contributed by atoms with van der Waals surface area (Å²) in [6, 6.07) is 0. The monoisotopic (exact) mass is 136 g/mol. The van der Waals surface area contributed by atoms with Gasteiger partial charge in [0.1, 0.15) is 0 Å². The molecule has 0 saturated carbocycles. The Morgan fingerprint density at radius 3 is 2.62 bits per heavy atom. The molecule has 0 radical (unpaired) electrons. The lowest BCUT2D eigenvalue weighted by Gasteiger charge is -2.03. The van der Waals surface area contributed by atoms with Crippen molar-refractivity contribution in [2.45, 2.75) is 12.5 Å². The molecule has 0 heterocycles. The Bertz CT molecular complexity index is 43.7. The summed E-state index contributed by atoms with van der Waals surface area (Å²) in [5.41, 5.74) is 0. The van der Waals surface area contributed by atoms with Gasteiger partial charge in [-0.3, -0.25) is 0 Å². The molecule has 8 heavy (non-hydrogen) atoms. The quantitative estimate of drug-likeness (QED) is 0.575. The number of thioether (sulfide) groups is 1.